The van der Waals surface area contributed by atoms with Crippen LogP contribution < -0.4 is 0 Å². The Balaban J connectivity index is 1.84. The van der Waals surface area contributed by atoms with Crippen LogP contribution >= 0.6 is 0 Å². The molecule has 0 aromatic carbocycles. The number of aromatic nitrogens is 2. The summed E-state index contributed by atoms with van der Waals surface area (Å²) in [5, 5.41) is 9.01. The van der Waals surface area contributed by atoms with Gasteiger partial charge in [0.2, 0.25) is 0 Å². The highest BCUT2D eigenvalue weighted by Crippen LogP contribution is 2.45. The topological polar surface area (TPSA) is 63.1 Å². The van der Waals surface area contributed by atoms with Crippen molar-refractivity contribution in [2.45, 2.75) is 38.5 Å². The summed E-state index contributed by atoms with van der Waals surface area (Å²) < 4.78 is 0. The standard InChI is InChI=1S/C13H16N2O2/c1-7-4-10(7)12-14-6-9-5-8(13(16)17)2-3-11(9)15-12/h6-8,10H,2-5H2,1H3,(H,16,17). The number of hydrogen-bond acceptors (Lipinski definition) is 3. The quantitative estimate of drug-likeness (QED) is 0.844. The molecule has 2 aliphatic carbocycles. The molecular formula is C13H16N2O2. The first-order valence-electron chi connectivity index (χ1n) is 6.22. The zero-order valence-corrected chi connectivity index (χ0v) is 9.89. The highest BCUT2D eigenvalue weighted by molar-refractivity contribution is 5.70. The molecule has 0 spiro atoms. The Morgan fingerprint density at radius 3 is 2.94 bits per heavy atom. The molecular weight excluding hydrogens is 216 g/mol. The second-order valence-electron chi connectivity index (χ2n) is 5.30. The van der Waals surface area contributed by atoms with E-state index in [0.717, 1.165) is 23.5 Å². The second kappa shape index (κ2) is 3.79. The van der Waals surface area contributed by atoms with Gasteiger partial charge in [-0.05, 0) is 37.2 Å². The van der Waals surface area contributed by atoms with Gasteiger partial charge in [0.15, 0.2) is 0 Å². The van der Waals surface area contributed by atoms with E-state index >= 15 is 0 Å². The van der Waals surface area contributed by atoms with Crippen LogP contribution in [0.25, 0.3) is 0 Å². The number of aliphatic carboxylic acids is 1. The summed E-state index contributed by atoms with van der Waals surface area (Å²) in [4.78, 5) is 20.0. The third kappa shape index (κ3) is 1.92. The van der Waals surface area contributed by atoms with E-state index in [-0.39, 0.29) is 5.92 Å². The van der Waals surface area contributed by atoms with Crippen LogP contribution in [0.3, 0.4) is 0 Å². The highest BCUT2D eigenvalue weighted by atomic mass is 16.4. The Bertz CT molecular complexity index is 472. The number of aryl methyl sites for hydroxylation is 1. The second-order valence-corrected chi connectivity index (χ2v) is 5.30. The molecule has 0 aliphatic heterocycles. The lowest BCUT2D eigenvalue weighted by Gasteiger charge is -2.20. The molecule has 3 atom stereocenters. The summed E-state index contributed by atoms with van der Waals surface area (Å²) in [6, 6.07) is 0. The van der Waals surface area contributed by atoms with Crippen LogP contribution in [0, 0.1) is 11.8 Å². The Morgan fingerprint density at radius 1 is 1.53 bits per heavy atom. The summed E-state index contributed by atoms with van der Waals surface area (Å²) in [5.41, 5.74) is 2.10. The average molecular weight is 232 g/mol. The maximum Gasteiger partial charge on any atom is 0.306 e. The van der Waals surface area contributed by atoms with Crippen molar-refractivity contribution < 1.29 is 9.90 Å². The fourth-order valence-electron chi connectivity index (χ4n) is 2.59. The molecule has 4 nitrogen and oxygen atoms in total. The lowest BCUT2D eigenvalue weighted by molar-refractivity contribution is -0.142. The molecule has 2 aliphatic rings. The predicted octanol–water partition coefficient (Wildman–Crippen LogP) is 1.79. The van der Waals surface area contributed by atoms with Crippen LogP contribution in [0.4, 0.5) is 0 Å². The molecule has 1 aromatic heterocycles. The van der Waals surface area contributed by atoms with E-state index in [0.29, 0.717) is 24.7 Å². The molecule has 0 bridgehead atoms. The third-order valence-electron chi connectivity index (χ3n) is 3.96. The summed E-state index contributed by atoms with van der Waals surface area (Å²) in [6.45, 7) is 2.22. The maximum absolute atomic E-state index is 11.0. The van der Waals surface area contributed by atoms with E-state index in [1.807, 2.05) is 6.20 Å². The van der Waals surface area contributed by atoms with E-state index in [4.69, 9.17) is 5.11 Å². The summed E-state index contributed by atoms with van der Waals surface area (Å²) in [6.07, 6.45) is 5.11. The first kappa shape index (κ1) is 10.7. The van der Waals surface area contributed by atoms with Gasteiger partial charge in [-0.3, -0.25) is 4.79 Å². The van der Waals surface area contributed by atoms with Gasteiger partial charge in [0.25, 0.3) is 0 Å². The van der Waals surface area contributed by atoms with E-state index in [1.54, 1.807) is 0 Å². The van der Waals surface area contributed by atoms with Gasteiger partial charge in [-0.1, -0.05) is 6.92 Å². The van der Waals surface area contributed by atoms with Crippen molar-refractivity contribution in [1.82, 2.24) is 9.97 Å². The zero-order valence-electron chi connectivity index (χ0n) is 9.89. The van der Waals surface area contributed by atoms with Crippen molar-refractivity contribution in [2.75, 3.05) is 0 Å². The van der Waals surface area contributed by atoms with Crippen LogP contribution in [-0.4, -0.2) is 21.0 Å². The average Bonchev–Trinajstić information content (AvgIpc) is 3.05. The highest BCUT2D eigenvalue weighted by Gasteiger charge is 2.37. The Labute approximate surface area is 100 Å². The Kier molecular flexibility index (Phi) is 2.38. The van der Waals surface area contributed by atoms with Crippen molar-refractivity contribution in [3.8, 4) is 0 Å². The molecule has 1 aromatic rings. The minimum atomic E-state index is -0.699. The molecule has 3 rings (SSSR count). The van der Waals surface area contributed by atoms with Crippen molar-refractivity contribution in [3.63, 3.8) is 0 Å². The van der Waals surface area contributed by atoms with Crippen LogP contribution in [0.2, 0.25) is 0 Å². The largest absolute Gasteiger partial charge is 0.481 e. The molecule has 0 saturated heterocycles. The third-order valence-corrected chi connectivity index (χ3v) is 3.96. The van der Waals surface area contributed by atoms with Gasteiger partial charge in [-0.15, -0.1) is 0 Å². The van der Waals surface area contributed by atoms with Gasteiger partial charge in [0.05, 0.1) is 5.92 Å². The lowest BCUT2D eigenvalue weighted by Crippen LogP contribution is -2.23. The smallest absolute Gasteiger partial charge is 0.306 e. The van der Waals surface area contributed by atoms with E-state index < -0.39 is 5.97 Å². The summed E-state index contributed by atoms with van der Waals surface area (Å²) >= 11 is 0. The minimum absolute atomic E-state index is 0.253. The van der Waals surface area contributed by atoms with Gasteiger partial charge in [-0.2, -0.15) is 0 Å². The lowest BCUT2D eigenvalue weighted by atomic mass is 9.87. The van der Waals surface area contributed by atoms with Crippen molar-refractivity contribution >= 4 is 5.97 Å². The predicted molar refractivity (Wildman–Crippen MR) is 61.7 cm³/mol. The molecule has 1 fully saturated rings. The van der Waals surface area contributed by atoms with Crippen LogP contribution in [0.5, 0.6) is 0 Å². The number of nitrogens with zero attached hydrogens (tertiary/aromatic N) is 2. The maximum atomic E-state index is 11.0. The minimum Gasteiger partial charge on any atom is -0.481 e. The molecule has 0 radical (unpaired) electrons. The molecule has 1 heterocycles. The van der Waals surface area contributed by atoms with Gasteiger partial charge in [0, 0.05) is 17.8 Å². The van der Waals surface area contributed by atoms with Gasteiger partial charge in [0.1, 0.15) is 5.82 Å². The first-order valence-corrected chi connectivity index (χ1v) is 6.22. The molecule has 17 heavy (non-hydrogen) atoms. The molecule has 1 N–H and O–H groups in total. The molecule has 4 heteroatoms. The molecule has 3 unspecified atom stereocenters. The van der Waals surface area contributed by atoms with E-state index in [9.17, 15) is 4.79 Å². The van der Waals surface area contributed by atoms with Crippen molar-refractivity contribution in [1.29, 1.82) is 0 Å². The normalized spacial score (nSPS) is 30.8. The van der Waals surface area contributed by atoms with Gasteiger partial charge < -0.3 is 5.11 Å². The Morgan fingerprint density at radius 2 is 2.29 bits per heavy atom. The zero-order chi connectivity index (χ0) is 12.0. The fourth-order valence-corrected chi connectivity index (χ4v) is 2.59. The summed E-state index contributed by atoms with van der Waals surface area (Å²) in [5.74, 6) is 1.26. The number of carbonyl (C=O) groups is 1. The summed E-state index contributed by atoms with van der Waals surface area (Å²) in [7, 11) is 0. The fraction of sp³-hybridized carbons (Fsp3) is 0.615. The Hall–Kier alpha value is -1.45. The number of hydrogen-bond donors (Lipinski definition) is 1. The van der Waals surface area contributed by atoms with Crippen LogP contribution in [0.1, 0.15) is 42.8 Å². The van der Waals surface area contributed by atoms with Crippen LogP contribution in [-0.2, 0) is 17.6 Å². The first-order chi connectivity index (χ1) is 8.15. The van der Waals surface area contributed by atoms with E-state index in [2.05, 4.69) is 16.9 Å². The number of rotatable bonds is 2. The molecule has 0 amide bonds. The van der Waals surface area contributed by atoms with Gasteiger partial charge >= 0.3 is 5.97 Å². The number of carboxylic acids is 1. The monoisotopic (exact) mass is 232 g/mol. The van der Waals surface area contributed by atoms with Crippen LogP contribution in [0.15, 0.2) is 6.20 Å². The molecule has 1 saturated carbocycles. The number of fused-ring (bicyclic) bond motifs is 1. The number of carboxylic acid groups (broad SMARTS) is 1. The van der Waals surface area contributed by atoms with Crippen molar-refractivity contribution in [2.24, 2.45) is 11.8 Å². The molecule has 90 valence electrons. The SMILES string of the molecule is CC1CC1c1ncc2c(n1)CCC(C(=O)O)C2. The van der Waals surface area contributed by atoms with Gasteiger partial charge in [-0.25, -0.2) is 9.97 Å². The van der Waals surface area contributed by atoms with E-state index in [1.165, 1.54) is 6.42 Å². The van der Waals surface area contributed by atoms with Crippen molar-refractivity contribution in [3.05, 3.63) is 23.3 Å².